The molecular weight excluding hydrogens is 408 g/mol. The van der Waals surface area contributed by atoms with Gasteiger partial charge in [-0.25, -0.2) is 4.68 Å². The molecule has 1 aromatic heterocycles. The van der Waals surface area contributed by atoms with Crippen LogP contribution in [-0.4, -0.2) is 28.2 Å². The molecule has 0 saturated carbocycles. The minimum absolute atomic E-state index is 0.0631. The number of amides is 2. The molecule has 0 radical (unpaired) electrons. The van der Waals surface area contributed by atoms with Crippen LogP contribution in [-0.2, 0) is 6.54 Å². The minimum Gasteiger partial charge on any atom is -0.489 e. The predicted octanol–water partition coefficient (Wildman–Crippen LogP) is 3.23. The number of nitrogens with one attached hydrogen (secondary N) is 2. The van der Waals surface area contributed by atoms with Gasteiger partial charge in [0.25, 0.3) is 17.4 Å². The number of hydrogen-bond acceptors (Lipinski definition) is 5. The number of para-hydroxylation sites is 1. The Bertz CT molecular complexity index is 1190. The van der Waals surface area contributed by atoms with Crippen molar-refractivity contribution in [3.05, 3.63) is 82.8 Å². The number of carbonyl (C=O) groups is 2. The van der Waals surface area contributed by atoms with E-state index >= 15 is 0 Å². The zero-order valence-corrected chi connectivity index (χ0v) is 18.0. The first kappa shape index (κ1) is 22.7. The summed E-state index contributed by atoms with van der Waals surface area (Å²) >= 11 is 0. The molecule has 8 nitrogen and oxygen atoms in total. The third-order valence-corrected chi connectivity index (χ3v) is 4.83. The maximum absolute atomic E-state index is 12.9. The molecule has 2 aromatic carbocycles. The van der Waals surface area contributed by atoms with E-state index in [0.717, 1.165) is 19.3 Å². The Morgan fingerprint density at radius 3 is 2.47 bits per heavy atom. The van der Waals surface area contributed by atoms with Crippen LogP contribution in [0.2, 0.25) is 0 Å². The highest BCUT2D eigenvalue weighted by Gasteiger charge is 2.18. The number of aryl methyl sites for hydroxylation is 1. The number of hydrogen-bond donors (Lipinski definition) is 2. The third-order valence-electron chi connectivity index (χ3n) is 4.83. The number of unbranched alkanes of at least 4 members (excludes halogenated alkanes) is 2. The molecule has 0 aliphatic carbocycles. The summed E-state index contributed by atoms with van der Waals surface area (Å²) in [6.07, 6.45) is 4.30. The predicted molar refractivity (Wildman–Crippen MR) is 123 cm³/mol. The minimum atomic E-state index is -0.622. The molecule has 0 spiro atoms. The van der Waals surface area contributed by atoms with E-state index in [1.807, 2.05) is 0 Å². The quantitative estimate of drug-likeness (QED) is 0.306. The van der Waals surface area contributed by atoms with Crippen molar-refractivity contribution in [2.45, 2.75) is 32.7 Å². The Morgan fingerprint density at radius 1 is 1.03 bits per heavy atom. The topological polar surface area (TPSA) is 102 Å². The lowest BCUT2D eigenvalue weighted by molar-refractivity contribution is 0.0841. The molecule has 0 saturated heterocycles. The number of nitrogens with zero attached hydrogens (tertiary/aromatic N) is 2. The number of aromatic nitrogens is 2. The lowest BCUT2D eigenvalue weighted by Crippen LogP contribution is -2.43. The highest BCUT2D eigenvalue weighted by molar-refractivity contribution is 6.06. The van der Waals surface area contributed by atoms with Crippen molar-refractivity contribution in [1.29, 1.82) is 0 Å². The molecule has 8 heteroatoms. The van der Waals surface area contributed by atoms with Gasteiger partial charge in [0.15, 0.2) is 5.69 Å². The van der Waals surface area contributed by atoms with Crippen molar-refractivity contribution < 1.29 is 14.3 Å². The van der Waals surface area contributed by atoms with Crippen LogP contribution in [0.1, 0.15) is 47.0 Å². The molecule has 3 aromatic rings. The molecule has 0 fully saturated rings. The number of benzene rings is 2. The molecule has 32 heavy (non-hydrogen) atoms. The fraction of sp³-hybridized carbons (Fsp3) is 0.250. The molecule has 3 rings (SSSR count). The van der Waals surface area contributed by atoms with Crippen LogP contribution in [0.25, 0.3) is 10.8 Å². The maximum Gasteiger partial charge on any atom is 0.290 e. The Kier molecular flexibility index (Phi) is 7.75. The Hall–Kier alpha value is -3.94. The number of carbonyl (C=O) groups excluding carboxylic acids is 2. The highest BCUT2D eigenvalue weighted by atomic mass is 16.5. The van der Waals surface area contributed by atoms with Gasteiger partial charge in [-0.15, -0.1) is 0 Å². The number of fused-ring (bicyclic) bond motifs is 1. The van der Waals surface area contributed by atoms with Gasteiger partial charge in [0.1, 0.15) is 12.4 Å². The van der Waals surface area contributed by atoms with E-state index in [1.165, 1.54) is 4.68 Å². The second-order valence-electron chi connectivity index (χ2n) is 7.13. The lowest BCUT2D eigenvalue weighted by Gasteiger charge is -2.13. The average molecular weight is 434 g/mol. The smallest absolute Gasteiger partial charge is 0.290 e. The lowest BCUT2D eigenvalue weighted by atomic mass is 10.1. The molecule has 0 aliphatic heterocycles. The first-order valence-electron chi connectivity index (χ1n) is 10.5. The van der Waals surface area contributed by atoms with Crippen LogP contribution >= 0.6 is 0 Å². The summed E-state index contributed by atoms with van der Waals surface area (Å²) in [5.74, 6) is -0.797. The summed E-state index contributed by atoms with van der Waals surface area (Å²) in [5, 5.41) is 5.11. The molecular formula is C24H26N4O4. The summed E-state index contributed by atoms with van der Waals surface area (Å²) in [6.45, 7) is 6.32. The van der Waals surface area contributed by atoms with Gasteiger partial charge in [-0.2, -0.15) is 5.10 Å². The first-order chi connectivity index (χ1) is 15.6. The summed E-state index contributed by atoms with van der Waals surface area (Å²) in [5.41, 5.74) is 4.87. The van der Waals surface area contributed by atoms with E-state index in [-0.39, 0.29) is 23.4 Å². The van der Waals surface area contributed by atoms with Gasteiger partial charge in [0, 0.05) is 11.9 Å². The summed E-state index contributed by atoms with van der Waals surface area (Å²) < 4.78 is 6.80. The normalized spacial score (nSPS) is 10.5. The largest absolute Gasteiger partial charge is 0.489 e. The molecule has 166 valence electrons. The summed E-state index contributed by atoms with van der Waals surface area (Å²) in [7, 11) is 0. The van der Waals surface area contributed by atoms with Crippen molar-refractivity contribution in [2.75, 3.05) is 6.61 Å². The van der Waals surface area contributed by atoms with Crippen LogP contribution in [0.5, 0.6) is 5.75 Å². The second kappa shape index (κ2) is 10.9. The maximum atomic E-state index is 12.9. The zero-order valence-electron chi connectivity index (χ0n) is 18.0. The fourth-order valence-electron chi connectivity index (χ4n) is 3.23. The monoisotopic (exact) mass is 434 g/mol. The average Bonchev–Trinajstić information content (AvgIpc) is 2.82. The van der Waals surface area contributed by atoms with Crippen LogP contribution < -0.4 is 21.1 Å². The van der Waals surface area contributed by atoms with Crippen LogP contribution in [0, 0.1) is 0 Å². The van der Waals surface area contributed by atoms with Crippen LogP contribution in [0.4, 0.5) is 0 Å². The Labute approximate surface area is 185 Å². The molecule has 0 aliphatic rings. The molecule has 2 N–H and O–H groups in total. The van der Waals surface area contributed by atoms with Gasteiger partial charge < -0.3 is 4.74 Å². The van der Waals surface area contributed by atoms with Gasteiger partial charge in [-0.1, -0.05) is 62.8 Å². The molecule has 1 heterocycles. The van der Waals surface area contributed by atoms with Crippen molar-refractivity contribution in [3.63, 3.8) is 0 Å². The SMILES string of the molecule is C=CCOc1ccccc1C(=O)NNC(=O)c1nn(CCCCC)c(=O)c2ccccc12. The first-order valence-corrected chi connectivity index (χ1v) is 10.5. The van der Waals surface area contributed by atoms with Crippen molar-refractivity contribution in [2.24, 2.45) is 0 Å². The van der Waals surface area contributed by atoms with Crippen molar-refractivity contribution in [1.82, 2.24) is 20.6 Å². The zero-order chi connectivity index (χ0) is 22.9. The number of hydrazine groups is 1. The van der Waals surface area contributed by atoms with Crippen LogP contribution in [0.3, 0.4) is 0 Å². The van der Waals surface area contributed by atoms with E-state index in [2.05, 4.69) is 29.5 Å². The molecule has 0 bridgehead atoms. The van der Waals surface area contributed by atoms with Crippen molar-refractivity contribution >= 4 is 22.6 Å². The van der Waals surface area contributed by atoms with E-state index in [0.29, 0.717) is 23.1 Å². The summed E-state index contributed by atoms with van der Waals surface area (Å²) in [6, 6.07) is 13.5. The van der Waals surface area contributed by atoms with Gasteiger partial charge in [-0.3, -0.25) is 25.2 Å². The molecule has 2 amide bonds. The van der Waals surface area contributed by atoms with E-state index in [9.17, 15) is 14.4 Å². The van der Waals surface area contributed by atoms with Gasteiger partial charge in [0.2, 0.25) is 0 Å². The second-order valence-corrected chi connectivity index (χ2v) is 7.13. The fourth-order valence-corrected chi connectivity index (χ4v) is 3.23. The van der Waals surface area contributed by atoms with Gasteiger partial charge in [-0.05, 0) is 24.6 Å². The van der Waals surface area contributed by atoms with E-state index < -0.39 is 11.8 Å². The number of rotatable bonds is 9. The Morgan fingerprint density at radius 2 is 1.72 bits per heavy atom. The standard InChI is InChI=1S/C24H26N4O4/c1-3-5-10-15-28-24(31)18-12-7-6-11-17(18)21(27-28)23(30)26-25-22(29)19-13-8-9-14-20(19)32-16-4-2/h4,6-9,11-14H,2-3,5,10,15-16H2,1H3,(H,25,29)(H,26,30). The number of ether oxygens (including phenoxy) is 1. The van der Waals surface area contributed by atoms with Gasteiger partial charge >= 0.3 is 0 Å². The van der Waals surface area contributed by atoms with Crippen LogP contribution in [0.15, 0.2) is 66.0 Å². The van der Waals surface area contributed by atoms with E-state index in [1.54, 1.807) is 54.6 Å². The van der Waals surface area contributed by atoms with Crippen molar-refractivity contribution in [3.8, 4) is 5.75 Å². The Balaban J connectivity index is 1.83. The molecule has 0 atom stereocenters. The highest BCUT2D eigenvalue weighted by Crippen LogP contribution is 2.18. The molecule has 0 unspecified atom stereocenters. The van der Waals surface area contributed by atoms with Gasteiger partial charge in [0.05, 0.1) is 10.9 Å². The summed E-state index contributed by atoms with van der Waals surface area (Å²) in [4.78, 5) is 38.3. The third kappa shape index (κ3) is 5.21. The van der Waals surface area contributed by atoms with E-state index in [4.69, 9.17) is 4.74 Å².